The second-order valence-corrected chi connectivity index (χ2v) is 6.08. The molecule has 1 N–H and O–H groups in total. The molecule has 5 heteroatoms. The van der Waals surface area contributed by atoms with Gasteiger partial charge in [-0.2, -0.15) is 0 Å². The van der Waals surface area contributed by atoms with Crippen LogP contribution >= 0.6 is 11.8 Å². The summed E-state index contributed by atoms with van der Waals surface area (Å²) in [4.78, 5) is 18.2. The van der Waals surface area contributed by atoms with Crippen LogP contribution < -0.4 is 0 Å². The number of likely N-dealkylation sites (tertiary alicyclic amines) is 1. The first-order valence-corrected chi connectivity index (χ1v) is 8.33. The quantitative estimate of drug-likeness (QED) is 0.836. The first-order chi connectivity index (χ1) is 9.81. The highest BCUT2D eigenvalue weighted by atomic mass is 32.2. The van der Waals surface area contributed by atoms with Crippen molar-refractivity contribution in [2.45, 2.75) is 37.5 Å². The predicted octanol–water partition coefficient (Wildman–Crippen LogP) is 2.08. The van der Waals surface area contributed by atoms with Crippen molar-refractivity contribution in [2.75, 3.05) is 18.9 Å². The standard InChI is InChI=1S/C15H22N2O2S/c18-10-2-4-14-3-1-9-17(14)15(19)12-20-11-13-5-7-16-8-6-13/h5-8,14,18H,1-4,9-12H2. The van der Waals surface area contributed by atoms with Gasteiger partial charge in [-0.25, -0.2) is 0 Å². The third-order valence-corrected chi connectivity index (χ3v) is 4.63. The van der Waals surface area contributed by atoms with Gasteiger partial charge in [0.05, 0.1) is 5.75 Å². The molecule has 0 radical (unpaired) electrons. The Labute approximate surface area is 124 Å². The van der Waals surface area contributed by atoms with Gasteiger partial charge in [0.2, 0.25) is 5.91 Å². The molecule has 2 heterocycles. The van der Waals surface area contributed by atoms with Gasteiger partial charge in [-0.05, 0) is 43.4 Å². The van der Waals surface area contributed by atoms with E-state index >= 15 is 0 Å². The van der Waals surface area contributed by atoms with Crippen molar-refractivity contribution in [3.05, 3.63) is 30.1 Å². The molecule has 4 nitrogen and oxygen atoms in total. The second kappa shape index (κ2) is 8.27. The van der Waals surface area contributed by atoms with Gasteiger partial charge in [0.15, 0.2) is 0 Å². The van der Waals surface area contributed by atoms with Crippen molar-refractivity contribution >= 4 is 17.7 Å². The van der Waals surface area contributed by atoms with E-state index in [0.717, 1.165) is 38.0 Å². The lowest BCUT2D eigenvalue weighted by Gasteiger charge is -2.24. The normalized spacial score (nSPS) is 18.4. The van der Waals surface area contributed by atoms with Crippen molar-refractivity contribution in [1.82, 2.24) is 9.88 Å². The van der Waals surface area contributed by atoms with E-state index in [-0.39, 0.29) is 12.5 Å². The van der Waals surface area contributed by atoms with Gasteiger partial charge in [-0.3, -0.25) is 9.78 Å². The number of amides is 1. The van der Waals surface area contributed by atoms with E-state index in [9.17, 15) is 4.79 Å². The van der Waals surface area contributed by atoms with Crippen molar-refractivity contribution in [3.63, 3.8) is 0 Å². The Balaban J connectivity index is 1.73. The summed E-state index contributed by atoms with van der Waals surface area (Å²) in [7, 11) is 0. The molecule has 1 saturated heterocycles. The van der Waals surface area contributed by atoms with Crippen LogP contribution in [0.4, 0.5) is 0 Å². The molecule has 1 aliphatic heterocycles. The Hall–Kier alpha value is -1.07. The number of aliphatic hydroxyl groups is 1. The van der Waals surface area contributed by atoms with Crippen LogP contribution in [0.5, 0.6) is 0 Å². The van der Waals surface area contributed by atoms with Crippen LogP contribution in [-0.4, -0.2) is 45.8 Å². The Morgan fingerprint density at radius 3 is 3.00 bits per heavy atom. The minimum Gasteiger partial charge on any atom is -0.396 e. The van der Waals surface area contributed by atoms with E-state index in [4.69, 9.17) is 5.11 Å². The summed E-state index contributed by atoms with van der Waals surface area (Å²) in [6, 6.07) is 4.31. The number of pyridine rings is 1. The monoisotopic (exact) mass is 294 g/mol. The highest BCUT2D eigenvalue weighted by Gasteiger charge is 2.27. The van der Waals surface area contributed by atoms with Gasteiger partial charge in [0.1, 0.15) is 0 Å². The molecule has 0 aliphatic carbocycles. The van der Waals surface area contributed by atoms with E-state index in [1.54, 1.807) is 24.2 Å². The van der Waals surface area contributed by atoms with Crippen LogP contribution in [0.25, 0.3) is 0 Å². The number of thioether (sulfide) groups is 1. The minimum atomic E-state index is 0.218. The molecule has 1 aromatic heterocycles. The molecule has 110 valence electrons. The minimum absolute atomic E-state index is 0.218. The number of hydrogen-bond donors (Lipinski definition) is 1. The van der Waals surface area contributed by atoms with Crippen molar-refractivity contribution in [1.29, 1.82) is 0 Å². The van der Waals surface area contributed by atoms with E-state index in [1.165, 1.54) is 5.56 Å². The smallest absolute Gasteiger partial charge is 0.232 e. The lowest BCUT2D eigenvalue weighted by molar-refractivity contribution is -0.129. The zero-order valence-corrected chi connectivity index (χ0v) is 12.5. The summed E-state index contributed by atoms with van der Waals surface area (Å²) < 4.78 is 0. The average molecular weight is 294 g/mol. The number of nitrogens with zero attached hydrogens (tertiary/aromatic N) is 2. The number of rotatable bonds is 7. The van der Waals surface area contributed by atoms with Crippen LogP contribution in [0, 0.1) is 0 Å². The summed E-state index contributed by atoms with van der Waals surface area (Å²) in [6.45, 7) is 1.10. The lowest BCUT2D eigenvalue weighted by Crippen LogP contribution is -2.36. The van der Waals surface area contributed by atoms with E-state index in [0.29, 0.717) is 11.8 Å². The van der Waals surface area contributed by atoms with Gasteiger partial charge in [-0.15, -0.1) is 11.8 Å². The van der Waals surface area contributed by atoms with E-state index in [2.05, 4.69) is 4.98 Å². The third kappa shape index (κ3) is 4.49. The molecule has 1 aromatic rings. The highest BCUT2D eigenvalue weighted by Crippen LogP contribution is 2.23. The summed E-state index contributed by atoms with van der Waals surface area (Å²) in [5.41, 5.74) is 1.20. The van der Waals surface area contributed by atoms with Crippen LogP contribution in [0.1, 0.15) is 31.2 Å². The molecular weight excluding hydrogens is 272 g/mol. The van der Waals surface area contributed by atoms with E-state index in [1.807, 2.05) is 17.0 Å². The molecule has 0 spiro atoms. The summed E-state index contributed by atoms with van der Waals surface area (Å²) in [5.74, 6) is 1.63. The van der Waals surface area contributed by atoms with Crippen LogP contribution in [0.3, 0.4) is 0 Å². The van der Waals surface area contributed by atoms with Crippen molar-refractivity contribution < 1.29 is 9.90 Å². The molecule has 1 amide bonds. The summed E-state index contributed by atoms with van der Waals surface area (Å²) >= 11 is 1.66. The maximum Gasteiger partial charge on any atom is 0.232 e. The maximum absolute atomic E-state index is 12.2. The van der Waals surface area contributed by atoms with Gasteiger partial charge in [0, 0.05) is 37.3 Å². The molecule has 0 aromatic carbocycles. The Bertz CT molecular complexity index is 414. The average Bonchev–Trinajstić information content (AvgIpc) is 2.94. The number of aliphatic hydroxyl groups excluding tert-OH is 1. The molecule has 1 atom stereocenters. The van der Waals surface area contributed by atoms with Crippen LogP contribution in [0.2, 0.25) is 0 Å². The lowest BCUT2D eigenvalue weighted by atomic mass is 10.1. The molecule has 20 heavy (non-hydrogen) atoms. The number of carbonyl (C=O) groups excluding carboxylic acids is 1. The largest absolute Gasteiger partial charge is 0.396 e. The van der Waals surface area contributed by atoms with Crippen molar-refractivity contribution in [3.8, 4) is 0 Å². The topological polar surface area (TPSA) is 53.4 Å². The van der Waals surface area contributed by atoms with Crippen LogP contribution in [0.15, 0.2) is 24.5 Å². The van der Waals surface area contributed by atoms with Gasteiger partial charge in [-0.1, -0.05) is 0 Å². The van der Waals surface area contributed by atoms with Gasteiger partial charge < -0.3 is 10.0 Å². The number of carbonyl (C=O) groups is 1. The summed E-state index contributed by atoms with van der Waals surface area (Å²) in [6.07, 6.45) is 7.46. The second-order valence-electron chi connectivity index (χ2n) is 5.10. The van der Waals surface area contributed by atoms with Crippen molar-refractivity contribution in [2.24, 2.45) is 0 Å². The Kier molecular flexibility index (Phi) is 6.33. The molecule has 1 fully saturated rings. The predicted molar refractivity (Wildman–Crippen MR) is 81.5 cm³/mol. The fourth-order valence-electron chi connectivity index (χ4n) is 2.61. The molecule has 1 aliphatic rings. The molecule has 1 unspecified atom stereocenters. The van der Waals surface area contributed by atoms with Gasteiger partial charge in [0.25, 0.3) is 0 Å². The Morgan fingerprint density at radius 1 is 1.45 bits per heavy atom. The fraction of sp³-hybridized carbons (Fsp3) is 0.600. The van der Waals surface area contributed by atoms with E-state index < -0.39 is 0 Å². The summed E-state index contributed by atoms with van der Waals surface area (Å²) in [5, 5.41) is 8.91. The molecule has 0 saturated carbocycles. The first kappa shape index (κ1) is 15.3. The zero-order valence-electron chi connectivity index (χ0n) is 11.7. The molecule has 0 bridgehead atoms. The Morgan fingerprint density at radius 2 is 2.25 bits per heavy atom. The zero-order chi connectivity index (χ0) is 14.2. The highest BCUT2D eigenvalue weighted by molar-refractivity contribution is 7.99. The molecule has 2 rings (SSSR count). The fourth-order valence-corrected chi connectivity index (χ4v) is 3.48. The van der Waals surface area contributed by atoms with Gasteiger partial charge >= 0.3 is 0 Å². The third-order valence-electron chi connectivity index (χ3n) is 3.64. The maximum atomic E-state index is 12.2. The molecular formula is C15H22N2O2S. The first-order valence-electron chi connectivity index (χ1n) is 7.18. The number of hydrogen-bond acceptors (Lipinski definition) is 4. The van der Waals surface area contributed by atoms with Crippen LogP contribution in [-0.2, 0) is 10.5 Å². The number of aromatic nitrogens is 1. The SMILES string of the molecule is O=C(CSCc1ccncc1)N1CCCC1CCCO.